The van der Waals surface area contributed by atoms with Gasteiger partial charge in [-0.3, -0.25) is 14.7 Å². The van der Waals surface area contributed by atoms with Gasteiger partial charge in [-0.1, -0.05) is 49.7 Å². The lowest BCUT2D eigenvalue weighted by Crippen LogP contribution is -2.27. The maximum Gasteiger partial charge on any atom is 0.284 e. The second-order valence-electron chi connectivity index (χ2n) is 9.22. The Kier molecular flexibility index (Phi) is 8.55. The molecule has 2 heterocycles. The van der Waals surface area contributed by atoms with E-state index < -0.39 is 0 Å². The largest absolute Gasteiger partial charge is 0.325 e. The first-order valence-electron chi connectivity index (χ1n) is 11.4. The molecule has 2 N–H and O–H groups in total. The molecule has 4 rings (SSSR count). The highest BCUT2D eigenvalue weighted by atomic mass is 35.5. The zero-order valence-electron chi connectivity index (χ0n) is 20.9. The molecule has 10 heteroatoms. The van der Waals surface area contributed by atoms with E-state index in [0.29, 0.717) is 40.9 Å². The van der Waals surface area contributed by atoms with Crippen molar-refractivity contribution < 1.29 is 4.79 Å². The number of anilines is 1. The van der Waals surface area contributed by atoms with Crippen LogP contribution in [0.4, 0.5) is 5.69 Å². The van der Waals surface area contributed by atoms with Gasteiger partial charge in [0.05, 0.1) is 22.9 Å². The van der Waals surface area contributed by atoms with E-state index in [1.165, 1.54) is 0 Å². The second-order valence-corrected chi connectivity index (χ2v) is 9.63. The van der Waals surface area contributed by atoms with Crippen molar-refractivity contribution in [3.05, 3.63) is 80.5 Å². The number of H-pyrrole nitrogens is 1. The second kappa shape index (κ2) is 11.2. The third-order valence-corrected chi connectivity index (χ3v) is 5.97. The molecule has 0 spiro atoms. The number of amides is 1. The van der Waals surface area contributed by atoms with Gasteiger partial charge in [0.1, 0.15) is 11.4 Å². The Morgan fingerprint density at radius 1 is 1.14 bits per heavy atom. The van der Waals surface area contributed by atoms with Gasteiger partial charge in [-0.05, 0) is 56.3 Å². The molecule has 2 aliphatic rings. The molecule has 0 unspecified atom stereocenters. The molecule has 0 saturated carbocycles. The molecule has 8 nitrogen and oxygen atoms in total. The van der Waals surface area contributed by atoms with Crippen molar-refractivity contribution in [1.29, 1.82) is 0 Å². The Morgan fingerprint density at radius 2 is 1.83 bits per heavy atom. The topological polar surface area (TPSA) is 95.9 Å². The first kappa shape index (κ1) is 27.4. The number of aromatic nitrogens is 4. The van der Waals surface area contributed by atoms with Crippen LogP contribution in [0.25, 0.3) is 17.1 Å². The summed E-state index contributed by atoms with van der Waals surface area (Å²) in [6.45, 7) is 6.30. The average Bonchev–Trinajstić information content (AvgIpc) is 3.14. The van der Waals surface area contributed by atoms with Crippen LogP contribution in [-0.4, -0.2) is 51.2 Å². The third kappa shape index (κ3) is 5.78. The Morgan fingerprint density at radius 3 is 2.44 bits per heavy atom. The van der Waals surface area contributed by atoms with Crippen LogP contribution in [0, 0.1) is 6.92 Å². The van der Waals surface area contributed by atoms with Crippen LogP contribution >= 0.6 is 24.0 Å². The highest BCUT2D eigenvalue weighted by Crippen LogP contribution is 2.32. The number of halogens is 2. The van der Waals surface area contributed by atoms with Gasteiger partial charge in [0.25, 0.3) is 5.56 Å². The molecule has 2 aliphatic heterocycles. The van der Waals surface area contributed by atoms with Crippen LogP contribution in [0.15, 0.2) is 47.3 Å². The van der Waals surface area contributed by atoms with Crippen LogP contribution in [0.3, 0.4) is 0 Å². The molecule has 0 bridgehead atoms. The molecule has 2 aromatic rings. The summed E-state index contributed by atoms with van der Waals surface area (Å²) in [6, 6.07) is 13.1. The number of hydrogen-bond donors (Lipinski definition) is 2. The summed E-state index contributed by atoms with van der Waals surface area (Å²) >= 11 is 6.55. The summed E-state index contributed by atoms with van der Waals surface area (Å²) < 4.78 is 1.79. The van der Waals surface area contributed by atoms with Gasteiger partial charge in [-0.15, -0.1) is 12.4 Å². The quantitative estimate of drug-likeness (QED) is 0.363. The van der Waals surface area contributed by atoms with Crippen molar-refractivity contribution in [2.45, 2.75) is 33.1 Å². The monoisotopic (exact) mass is 528 g/mol. The summed E-state index contributed by atoms with van der Waals surface area (Å²) in [5, 5.41) is 6.77. The van der Waals surface area contributed by atoms with Crippen molar-refractivity contribution in [2.75, 3.05) is 26.0 Å². The predicted octanol–water partition coefficient (Wildman–Crippen LogP) is 4.66. The van der Waals surface area contributed by atoms with Gasteiger partial charge in [0.2, 0.25) is 5.91 Å². The Labute approximate surface area is 221 Å². The lowest BCUT2D eigenvalue weighted by molar-refractivity contribution is -0.116. The third-order valence-electron chi connectivity index (χ3n) is 5.67. The van der Waals surface area contributed by atoms with Crippen molar-refractivity contribution in [3.63, 3.8) is 0 Å². The van der Waals surface area contributed by atoms with Crippen molar-refractivity contribution >= 4 is 35.6 Å². The number of benzene rings is 2. The highest BCUT2D eigenvalue weighted by Gasteiger charge is 2.26. The molecule has 190 valence electrons. The molecule has 0 atom stereocenters. The number of carbonyl (C=O) groups is 1. The minimum Gasteiger partial charge on any atom is -0.325 e. The van der Waals surface area contributed by atoms with Gasteiger partial charge >= 0.3 is 0 Å². The van der Waals surface area contributed by atoms with Crippen LogP contribution in [0.2, 0.25) is 5.02 Å². The number of fused-ring (bicyclic) bond motifs is 1. The number of carbonyl (C=O) groups excluding carboxylic acids is 1. The van der Waals surface area contributed by atoms with Crippen LogP contribution in [0.1, 0.15) is 42.4 Å². The fraction of sp³-hybridized carbons (Fsp3) is 0.308. The van der Waals surface area contributed by atoms with Gasteiger partial charge in [0.15, 0.2) is 5.82 Å². The minimum absolute atomic E-state index is 0. The molecule has 2 aromatic carbocycles. The predicted molar refractivity (Wildman–Crippen MR) is 146 cm³/mol. The van der Waals surface area contributed by atoms with Crippen LogP contribution in [0.5, 0.6) is 0 Å². The Balaban J connectivity index is 0.00000361. The van der Waals surface area contributed by atoms with E-state index >= 15 is 0 Å². The fourth-order valence-electron chi connectivity index (χ4n) is 4.04. The molecule has 0 saturated heterocycles. The number of para-hydroxylation sites is 1. The van der Waals surface area contributed by atoms with Gasteiger partial charge in [-0.25, -0.2) is 9.67 Å². The maximum absolute atomic E-state index is 13.1. The number of likely N-dealkylation sites (N-methyl/N-ethyl adjacent to an activating group) is 1. The van der Waals surface area contributed by atoms with Crippen molar-refractivity contribution in [3.8, 4) is 17.1 Å². The standard InChI is InChI=1S/C26H29ClN6O2.ClH/c1-15(2)23-22-25(33(31-23)24-16(3)7-6-8-19(24)27)29-20(30-26(22)35)13-17-9-11-18(12-10-17)28-21(34)14-32(4)5;/h6-12,15,31H,13-14H2,1-5H3,(H,28,34);1H. The highest BCUT2D eigenvalue weighted by molar-refractivity contribution is 6.32. The van der Waals surface area contributed by atoms with Crippen molar-refractivity contribution in [2.24, 2.45) is 0 Å². The molecule has 0 aromatic heterocycles. The van der Waals surface area contributed by atoms with E-state index in [-0.39, 0.29) is 29.8 Å². The van der Waals surface area contributed by atoms with Crippen LogP contribution in [-0.2, 0) is 11.2 Å². The molecule has 0 radical (unpaired) electrons. The van der Waals surface area contributed by atoms with E-state index in [1.54, 1.807) is 9.58 Å². The molecule has 1 amide bonds. The lowest BCUT2D eigenvalue weighted by atomic mass is 10.1. The van der Waals surface area contributed by atoms with Gasteiger partial charge in [0, 0.05) is 12.1 Å². The molecule has 0 aliphatic carbocycles. The molecular formula is C26H30Cl2N6O2. The van der Waals surface area contributed by atoms with E-state index in [4.69, 9.17) is 16.6 Å². The van der Waals surface area contributed by atoms with Crippen LogP contribution < -0.4 is 10.9 Å². The number of nitrogens with zero attached hydrogens (tertiary/aromatic N) is 4. The number of hydrogen-bond acceptors (Lipinski definition) is 5. The van der Waals surface area contributed by atoms with Gasteiger partial charge < -0.3 is 10.2 Å². The molecule has 36 heavy (non-hydrogen) atoms. The molecular weight excluding hydrogens is 499 g/mol. The molecule has 0 fully saturated rings. The summed E-state index contributed by atoms with van der Waals surface area (Å²) in [5.74, 6) is 0.909. The summed E-state index contributed by atoms with van der Waals surface area (Å²) in [4.78, 5) is 36.0. The Hall–Kier alpha value is -3.20. The van der Waals surface area contributed by atoms with E-state index in [1.807, 2.05) is 77.3 Å². The number of aryl methyl sites for hydroxylation is 1. The number of rotatable bonds is 7. The smallest absolute Gasteiger partial charge is 0.284 e. The Bertz CT molecular complexity index is 1370. The zero-order valence-corrected chi connectivity index (χ0v) is 22.5. The van der Waals surface area contributed by atoms with E-state index in [9.17, 15) is 9.59 Å². The lowest BCUT2D eigenvalue weighted by Gasteiger charge is -2.12. The first-order chi connectivity index (χ1) is 16.6. The number of nitrogens with one attached hydrogen (secondary N) is 2. The summed E-state index contributed by atoms with van der Waals surface area (Å²) in [5.41, 5.74) is 4.28. The summed E-state index contributed by atoms with van der Waals surface area (Å²) in [7, 11) is 3.68. The summed E-state index contributed by atoms with van der Waals surface area (Å²) in [6.07, 6.45) is 0.376. The van der Waals surface area contributed by atoms with E-state index in [0.717, 1.165) is 22.5 Å². The zero-order chi connectivity index (χ0) is 25.3. The normalized spacial score (nSPS) is 11.2. The average molecular weight is 529 g/mol. The minimum atomic E-state index is -0.319. The SMILES string of the molecule is Cc1cccc(Cl)c1-n1[nH]c(C(C)C)c2c(=O)nc(Cc3ccc(NC(=O)CN(C)C)cc3)nc1-2.Cl. The maximum atomic E-state index is 13.1. The van der Waals surface area contributed by atoms with Gasteiger partial charge in [-0.2, -0.15) is 4.98 Å². The van der Waals surface area contributed by atoms with E-state index in [2.05, 4.69) is 15.4 Å². The number of aromatic amines is 1. The first-order valence-corrected chi connectivity index (χ1v) is 11.8. The fourth-order valence-corrected chi connectivity index (χ4v) is 4.35. The van der Waals surface area contributed by atoms with Crippen molar-refractivity contribution in [1.82, 2.24) is 24.6 Å².